The first-order chi connectivity index (χ1) is 8.93. The van der Waals surface area contributed by atoms with E-state index in [9.17, 15) is 9.59 Å². The summed E-state index contributed by atoms with van der Waals surface area (Å²) in [5.41, 5.74) is 0.184. The largest absolute Gasteiger partial charge is 0.478 e. The molecule has 1 atom stereocenters. The molecule has 0 radical (unpaired) electrons. The molecule has 1 rings (SSSR count). The van der Waals surface area contributed by atoms with Crippen LogP contribution in [0.4, 0.5) is 10.5 Å². The Morgan fingerprint density at radius 3 is 2.68 bits per heavy atom. The molecular formula is C13H17ClN2O3. The van der Waals surface area contributed by atoms with Crippen molar-refractivity contribution in [3.8, 4) is 0 Å². The Bertz CT molecular complexity index is 477. The summed E-state index contributed by atoms with van der Waals surface area (Å²) in [7, 11) is 0. The maximum Gasteiger partial charge on any atom is 0.337 e. The molecule has 2 amide bonds. The zero-order chi connectivity index (χ0) is 14.4. The van der Waals surface area contributed by atoms with Crippen LogP contribution in [0.15, 0.2) is 18.2 Å². The van der Waals surface area contributed by atoms with Crippen molar-refractivity contribution in [3.63, 3.8) is 0 Å². The molecule has 0 heterocycles. The molecule has 0 aliphatic carbocycles. The number of hydrogen-bond donors (Lipinski definition) is 3. The van der Waals surface area contributed by atoms with Gasteiger partial charge in [-0.05, 0) is 31.5 Å². The number of nitrogens with one attached hydrogen (secondary N) is 2. The number of carboxylic acids is 1. The molecular weight excluding hydrogens is 268 g/mol. The highest BCUT2D eigenvalue weighted by Crippen LogP contribution is 2.20. The fraction of sp³-hybridized carbons (Fsp3) is 0.385. The summed E-state index contributed by atoms with van der Waals surface area (Å²) in [6.07, 6.45) is 1.82. The van der Waals surface area contributed by atoms with Gasteiger partial charge >= 0.3 is 12.0 Å². The third-order valence-corrected chi connectivity index (χ3v) is 2.79. The average molecular weight is 285 g/mol. The van der Waals surface area contributed by atoms with Crippen molar-refractivity contribution in [2.75, 3.05) is 5.32 Å². The quantitative estimate of drug-likeness (QED) is 0.776. The van der Waals surface area contributed by atoms with Gasteiger partial charge in [-0.2, -0.15) is 0 Å². The molecule has 0 spiro atoms. The molecule has 0 saturated carbocycles. The van der Waals surface area contributed by atoms with E-state index in [1.165, 1.54) is 18.2 Å². The normalized spacial score (nSPS) is 11.7. The van der Waals surface area contributed by atoms with Gasteiger partial charge in [0.15, 0.2) is 0 Å². The van der Waals surface area contributed by atoms with E-state index in [4.69, 9.17) is 16.7 Å². The molecule has 1 aromatic carbocycles. The monoisotopic (exact) mass is 284 g/mol. The molecule has 104 valence electrons. The first-order valence-electron chi connectivity index (χ1n) is 6.04. The van der Waals surface area contributed by atoms with Crippen LogP contribution in [-0.4, -0.2) is 23.1 Å². The van der Waals surface area contributed by atoms with Gasteiger partial charge in [0.1, 0.15) is 0 Å². The molecule has 6 heteroatoms. The van der Waals surface area contributed by atoms with Crippen molar-refractivity contribution in [1.82, 2.24) is 5.32 Å². The van der Waals surface area contributed by atoms with Crippen LogP contribution in [0.5, 0.6) is 0 Å². The summed E-state index contributed by atoms with van der Waals surface area (Å²) in [6.45, 7) is 3.92. The van der Waals surface area contributed by atoms with E-state index in [0.29, 0.717) is 5.02 Å². The highest BCUT2D eigenvalue weighted by Gasteiger charge is 2.14. The number of aromatic carboxylic acids is 1. The van der Waals surface area contributed by atoms with Crippen molar-refractivity contribution in [3.05, 3.63) is 28.8 Å². The van der Waals surface area contributed by atoms with Gasteiger partial charge in [-0.25, -0.2) is 9.59 Å². The number of benzene rings is 1. The number of carbonyl (C=O) groups excluding carboxylic acids is 1. The molecule has 19 heavy (non-hydrogen) atoms. The minimum atomic E-state index is -1.14. The Kier molecular flexibility index (Phi) is 5.63. The van der Waals surface area contributed by atoms with Gasteiger partial charge in [0, 0.05) is 11.1 Å². The third kappa shape index (κ3) is 4.79. The molecule has 0 aliphatic heterocycles. The summed E-state index contributed by atoms with van der Waals surface area (Å²) in [6, 6.07) is 3.90. The molecule has 1 unspecified atom stereocenters. The Morgan fingerprint density at radius 1 is 1.42 bits per heavy atom. The summed E-state index contributed by atoms with van der Waals surface area (Å²) in [4.78, 5) is 22.8. The van der Waals surface area contributed by atoms with Gasteiger partial charge in [-0.15, -0.1) is 0 Å². The fourth-order valence-corrected chi connectivity index (χ4v) is 1.86. The van der Waals surface area contributed by atoms with Gasteiger partial charge in [-0.3, -0.25) is 0 Å². The topological polar surface area (TPSA) is 78.4 Å². The van der Waals surface area contributed by atoms with Gasteiger partial charge in [0.05, 0.1) is 11.3 Å². The molecule has 0 saturated heterocycles. The number of carbonyl (C=O) groups is 2. The Hall–Kier alpha value is -1.75. The van der Waals surface area contributed by atoms with Crippen LogP contribution in [0.1, 0.15) is 37.0 Å². The zero-order valence-electron chi connectivity index (χ0n) is 10.9. The van der Waals surface area contributed by atoms with Gasteiger partial charge in [0.25, 0.3) is 0 Å². The van der Waals surface area contributed by atoms with E-state index in [2.05, 4.69) is 10.6 Å². The Balaban J connectivity index is 2.76. The standard InChI is InChI=1S/C13H17ClN2O3/c1-3-4-8(2)15-13(19)16-11-6-5-9(14)7-10(11)12(17)18/h5-8H,3-4H2,1-2H3,(H,17,18)(H2,15,16,19). The number of carboxylic acid groups (broad SMARTS) is 1. The molecule has 0 aromatic heterocycles. The second kappa shape index (κ2) is 6.99. The number of hydrogen-bond acceptors (Lipinski definition) is 2. The molecule has 0 aliphatic rings. The van der Waals surface area contributed by atoms with Crippen LogP contribution in [0.3, 0.4) is 0 Å². The van der Waals surface area contributed by atoms with Crippen LogP contribution in [0, 0.1) is 0 Å². The van der Waals surface area contributed by atoms with Crippen LogP contribution in [0.2, 0.25) is 5.02 Å². The van der Waals surface area contributed by atoms with Gasteiger partial charge < -0.3 is 15.7 Å². The van der Waals surface area contributed by atoms with Crippen LogP contribution in [-0.2, 0) is 0 Å². The van der Waals surface area contributed by atoms with Crippen molar-refractivity contribution < 1.29 is 14.7 Å². The minimum absolute atomic E-state index is 0.0329. The molecule has 0 bridgehead atoms. The summed E-state index contributed by atoms with van der Waals surface area (Å²) in [5, 5.41) is 14.6. The van der Waals surface area contributed by atoms with Crippen molar-refractivity contribution in [1.29, 1.82) is 0 Å². The van der Waals surface area contributed by atoms with Gasteiger partial charge in [-0.1, -0.05) is 24.9 Å². The number of amides is 2. The molecule has 3 N–H and O–H groups in total. The first kappa shape index (κ1) is 15.3. The summed E-state index contributed by atoms with van der Waals surface area (Å²) in [5.74, 6) is -1.14. The summed E-state index contributed by atoms with van der Waals surface area (Å²) < 4.78 is 0. The second-order valence-corrected chi connectivity index (χ2v) is 4.72. The smallest absolute Gasteiger partial charge is 0.337 e. The number of anilines is 1. The van der Waals surface area contributed by atoms with E-state index in [1.54, 1.807) is 0 Å². The van der Waals surface area contributed by atoms with Gasteiger partial charge in [0.2, 0.25) is 0 Å². The lowest BCUT2D eigenvalue weighted by Gasteiger charge is -2.14. The lowest BCUT2D eigenvalue weighted by Crippen LogP contribution is -2.36. The minimum Gasteiger partial charge on any atom is -0.478 e. The Labute approximate surface area is 117 Å². The molecule has 1 aromatic rings. The maximum absolute atomic E-state index is 11.7. The van der Waals surface area contributed by atoms with Crippen molar-refractivity contribution >= 4 is 29.3 Å². The fourth-order valence-electron chi connectivity index (χ4n) is 1.69. The van der Waals surface area contributed by atoms with Crippen molar-refractivity contribution in [2.45, 2.75) is 32.7 Å². The SMILES string of the molecule is CCCC(C)NC(=O)Nc1ccc(Cl)cc1C(=O)O. The zero-order valence-corrected chi connectivity index (χ0v) is 11.6. The third-order valence-electron chi connectivity index (χ3n) is 2.56. The number of rotatable bonds is 5. The maximum atomic E-state index is 11.7. The highest BCUT2D eigenvalue weighted by atomic mass is 35.5. The van der Waals surface area contributed by atoms with E-state index >= 15 is 0 Å². The average Bonchev–Trinajstić information content (AvgIpc) is 2.31. The Morgan fingerprint density at radius 2 is 2.11 bits per heavy atom. The summed E-state index contributed by atoms with van der Waals surface area (Å²) >= 11 is 5.73. The lowest BCUT2D eigenvalue weighted by atomic mass is 10.2. The first-order valence-corrected chi connectivity index (χ1v) is 6.42. The van der Waals surface area contributed by atoms with Crippen molar-refractivity contribution in [2.24, 2.45) is 0 Å². The van der Waals surface area contributed by atoms with Crippen LogP contribution < -0.4 is 10.6 Å². The van der Waals surface area contributed by atoms with E-state index in [1.807, 2.05) is 13.8 Å². The van der Waals surface area contributed by atoms with E-state index in [-0.39, 0.29) is 17.3 Å². The number of halogens is 1. The van der Waals surface area contributed by atoms with E-state index in [0.717, 1.165) is 12.8 Å². The highest BCUT2D eigenvalue weighted by molar-refractivity contribution is 6.31. The predicted octanol–water partition coefficient (Wildman–Crippen LogP) is 3.35. The molecule has 0 fully saturated rings. The second-order valence-electron chi connectivity index (χ2n) is 4.28. The van der Waals surface area contributed by atoms with E-state index < -0.39 is 12.0 Å². The van der Waals surface area contributed by atoms with Crippen LogP contribution in [0.25, 0.3) is 0 Å². The lowest BCUT2D eigenvalue weighted by molar-refractivity contribution is 0.0698. The number of urea groups is 1. The van der Waals surface area contributed by atoms with Crippen LogP contribution >= 0.6 is 11.6 Å². The molecule has 5 nitrogen and oxygen atoms in total. The predicted molar refractivity (Wildman–Crippen MR) is 74.9 cm³/mol.